The van der Waals surface area contributed by atoms with E-state index in [2.05, 4.69) is 5.32 Å². The van der Waals surface area contributed by atoms with E-state index in [4.69, 9.17) is 23.2 Å². The Hall–Kier alpha value is -2.29. The standard InChI is InChI=1S/C21H25Cl2N3O4S/c1-14-9-10-17(11-19(14)23)26(31(4,29)30)13-20(27)25(15(2)21(28)24-3)12-16-7-5-6-8-18(16)22/h5-11,15H,12-13H2,1-4H3,(H,24,28)/t15-/m1/s1. The molecule has 0 saturated heterocycles. The first-order chi connectivity index (χ1) is 14.5. The van der Waals surface area contributed by atoms with Crippen molar-refractivity contribution in [2.45, 2.75) is 26.4 Å². The van der Waals surface area contributed by atoms with Crippen molar-refractivity contribution in [3.05, 3.63) is 63.6 Å². The number of hydrogen-bond donors (Lipinski definition) is 1. The molecule has 0 bridgehead atoms. The fraction of sp³-hybridized carbons (Fsp3) is 0.333. The van der Waals surface area contributed by atoms with Gasteiger partial charge in [-0.05, 0) is 43.2 Å². The molecule has 10 heteroatoms. The molecular formula is C21H25Cl2N3O4S. The van der Waals surface area contributed by atoms with Crippen molar-refractivity contribution in [1.29, 1.82) is 0 Å². The van der Waals surface area contributed by atoms with Gasteiger partial charge in [0.05, 0.1) is 11.9 Å². The molecule has 1 atom stereocenters. The third-order valence-electron chi connectivity index (χ3n) is 4.83. The number of anilines is 1. The molecule has 2 aromatic carbocycles. The quantitative estimate of drug-likeness (QED) is 0.621. The highest BCUT2D eigenvalue weighted by Gasteiger charge is 2.30. The van der Waals surface area contributed by atoms with Crippen LogP contribution in [0.5, 0.6) is 0 Å². The van der Waals surface area contributed by atoms with Gasteiger partial charge >= 0.3 is 0 Å². The molecule has 1 N–H and O–H groups in total. The number of halogens is 2. The second-order valence-electron chi connectivity index (χ2n) is 7.11. The minimum Gasteiger partial charge on any atom is -0.357 e. The van der Waals surface area contributed by atoms with Crippen molar-refractivity contribution in [3.8, 4) is 0 Å². The van der Waals surface area contributed by atoms with Crippen LogP contribution < -0.4 is 9.62 Å². The summed E-state index contributed by atoms with van der Waals surface area (Å²) in [7, 11) is -2.34. The maximum Gasteiger partial charge on any atom is 0.244 e. The fourth-order valence-electron chi connectivity index (χ4n) is 2.95. The van der Waals surface area contributed by atoms with Gasteiger partial charge < -0.3 is 10.2 Å². The Morgan fingerprint density at radius 1 is 1.10 bits per heavy atom. The Morgan fingerprint density at radius 2 is 1.74 bits per heavy atom. The van der Waals surface area contributed by atoms with Gasteiger partial charge in [-0.25, -0.2) is 8.42 Å². The van der Waals surface area contributed by atoms with Crippen LogP contribution in [0.1, 0.15) is 18.1 Å². The van der Waals surface area contributed by atoms with E-state index in [1.54, 1.807) is 50.2 Å². The third-order valence-corrected chi connectivity index (χ3v) is 6.75. The molecule has 0 aromatic heterocycles. The van der Waals surface area contributed by atoms with E-state index >= 15 is 0 Å². The van der Waals surface area contributed by atoms with E-state index in [-0.39, 0.29) is 18.1 Å². The summed E-state index contributed by atoms with van der Waals surface area (Å²) >= 11 is 12.4. The van der Waals surface area contributed by atoms with Gasteiger partial charge in [0.1, 0.15) is 12.6 Å². The maximum absolute atomic E-state index is 13.3. The molecule has 0 saturated carbocycles. The predicted octanol–water partition coefficient (Wildman–Crippen LogP) is 3.23. The lowest BCUT2D eigenvalue weighted by Crippen LogP contribution is -2.50. The van der Waals surface area contributed by atoms with Crippen molar-refractivity contribution < 1.29 is 18.0 Å². The Labute approximate surface area is 193 Å². The Balaban J connectivity index is 2.42. The maximum atomic E-state index is 13.3. The van der Waals surface area contributed by atoms with Crippen LogP contribution in [-0.2, 0) is 26.2 Å². The number of amides is 2. The Morgan fingerprint density at radius 3 is 2.29 bits per heavy atom. The van der Waals surface area contributed by atoms with Gasteiger partial charge in [-0.1, -0.05) is 47.5 Å². The molecule has 0 aliphatic heterocycles. The number of carbonyl (C=O) groups excluding carboxylic acids is 2. The summed E-state index contributed by atoms with van der Waals surface area (Å²) in [5, 5.41) is 3.33. The lowest BCUT2D eigenvalue weighted by molar-refractivity contribution is -0.139. The van der Waals surface area contributed by atoms with Crippen molar-refractivity contribution >= 4 is 50.7 Å². The predicted molar refractivity (Wildman–Crippen MR) is 124 cm³/mol. The van der Waals surface area contributed by atoms with Crippen molar-refractivity contribution in [2.75, 3.05) is 24.2 Å². The first kappa shape index (κ1) is 25.0. The molecular weight excluding hydrogens is 461 g/mol. The van der Waals surface area contributed by atoms with Crippen molar-refractivity contribution in [3.63, 3.8) is 0 Å². The number of nitrogens with zero attached hydrogens (tertiary/aromatic N) is 2. The lowest BCUT2D eigenvalue weighted by Gasteiger charge is -2.31. The Kier molecular flexibility index (Phi) is 8.34. The number of likely N-dealkylation sites (N-methyl/N-ethyl adjacent to an activating group) is 1. The highest BCUT2D eigenvalue weighted by molar-refractivity contribution is 7.92. The zero-order valence-corrected chi connectivity index (χ0v) is 20.1. The smallest absolute Gasteiger partial charge is 0.244 e. The zero-order chi connectivity index (χ0) is 23.3. The molecule has 2 amide bonds. The molecule has 7 nitrogen and oxygen atoms in total. The average molecular weight is 486 g/mol. The number of aryl methyl sites for hydroxylation is 1. The highest BCUT2D eigenvalue weighted by atomic mass is 35.5. The van der Waals surface area contributed by atoms with E-state index in [9.17, 15) is 18.0 Å². The number of benzene rings is 2. The summed E-state index contributed by atoms with van der Waals surface area (Å²) in [5.74, 6) is -0.942. The SMILES string of the molecule is CNC(=O)[C@@H](C)N(Cc1ccccc1Cl)C(=O)CN(c1ccc(C)c(Cl)c1)S(C)(=O)=O. The summed E-state index contributed by atoms with van der Waals surface area (Å²) in [6, 6.07) is 10.8. The number of sulfonamides is 1. The van der Waals surface area contributed by atoms with E-state index in [0.717, 1.165) is 16.1 Å². The molecule has 2 rings (SSSR count). The molecule has 0 heterocycles. The van der Waals surface area contributed by atoms with Crippen LogP contribution in [0.25, 0.3) is 0 Å². The highest BCUT2D eigenvalue weighted by Crippen LogP contribution is 2.25. The van der Waals surface area contributed by atoms with Crippen LogP contribution in [0.3, 0.4) is 0 Å². The van der Waals surface area contributed by atoms with Gasteiger partial charge in [0.2, 0.25) is 21.8 Å². The van der Waals surface area contributed by atoms with Gasteiger partial charge in [-0.2, -0.15) is 0 Å². The zero-order valence-electron chi connectivity index (χ0n) is 17.7. The fourth-order valence-corrected chi connectivity index (χ4v) is 4.16. The molecule has 0 unspecified atom stereocenters. The number of hydrogen-bond acceptors (Lipinski definition) is 4. The van der Waals surface area contributed by atoms with Crippen LogP contribution in [0.4, 0.5) is 5.69 Å². The number of nitrogens with one attached hydrogen (secondary N) is 1. The monoisotopic (exact) mass is 485 g/mol. The second kappa shape index (κ2) is 10.3. The number of rotatable bonds is 8. The molecule has 0 spiro atoms. The second-order valence-corrected chi connectivity index (χ2v) is 9.83. The van der Waals surface area contributed by atoms with E-state index < -0.39 is 28.5 Å². The van der Waals surface area contributed by atoms with E-state index in [1.807, 2.05) is 0 Å². The first-order valence-corrected chi connectivity index (χ1v) is 12.0. The minimum atomic E-state index is -3.81. The first-order valence-electron chi connectivity index (χ1n) is 9.44. The van der Waals surface area contributed by atoms with E-state index in [0.29, 0.717) is 15.6 Å². The molecule has 2 aromatic rings. The van der Waals surface area contributed by atoms with Gasteiger partial charge in [-0.15, -0.1) is 0 Å². The summed E-state index contributed by atoms with van der Waals surface area (Å²) in [6.07, 6.45) is 1.01. The number of carbonyl (C=O) groups is 2. The van der Waals surface area contributed by atoms with Crippen molar-refractivity contribution in [1.82, 2.24) is 10.2 Å². The summed E-state index contributed by atoms with van der Waals surface area (Å²) in [6.45, 7) is 2.91. The summed E-state index contributed by atoms with van der Waals surface area (Å²) in [5.41, 5.74) is 1.67. The van der Waals surface area contributed by atoms with Crippen LogP contribution >= 0.6 is 23.2 Å². The molecule has 0 aliphatic rings. The molecule has 0 fully saturated rings. The molecule has 0 aliphatic carbocycles. The molecule has 168 valence electrons. The van der Waals surface area contributed by atoms with Gasteiger partial charge in [0.25, 0.3) is 0 Å². The van der Waals surface area contributed by atoms with Gasteiger partial charge in [0.15, 0.2) is 0 Å². The summed E-state index contributed by atoms with van der Waals surface area (Å²) < 4.78 is 25.9. The minimum absolute atomic E-state index is 0.0410. The van der Waals surface area contributed by atoms with Crippen molar-refractivity contribution in [2.24, 2.45) is 0 Å². The average Bonchev–Trinajstić information content (AvgIpc) is 2.71. The lowest BCUT2D eigenvalue weighted by atomic mass is 10.1. The van der Waals surface area contributed by atoms with Crippen LogP contribution in [0, 0.1) is 6.92 Å². The van der Waals surface area contributed by atoms with Crippen LogP contribution in [0.2, 0.25) is 10.0 Å². The third kappa shape index (κ3) is 6.35. The Bertz CT molecular complexity index is 1080. The van der Waals surface area contributed by atoms with Crippen LogP contribution in [0.15, 0.2) is 42.5 Å². The normalized spacial score (nSPS) is 12.2. The van der Waals surface area contributed by atoms with Gasteiger partial charge in [0, 0.05) is 23.6 Å². The molecule has 0 radical (unpaired) electrons. The van der Waals surface area contributed by atoms with Crippen LogP contribution in [-0.4, -0.2) is 51.0 Å². The molecule has 31 heavy (non-hydrogen) atoms. The largest absolute Gasteiger partial charge is 0.357 e. The van der Waals surface area contributed by atoms with Gasteiger partial charge in [-0.3, -0.25) is 13.9 Å². The van der Waals surface area contributed by atoms with E-state index in [1.165, 1.54) is 18.0 Å². The topological polar surface area (TPSA) is 86.8 Å². The summed E-state index contributed by atoms with van der Waals surface area (Å²) in [4.78, 5) is 26.8.